The third kappa shape index (κ3) is 3.23. The van der Waals surface area contributed by atoms with E-state index < -0.39 is 18.1 Å². The summed E-state index contributed by atoms with van der Waals surface area (Å²) in [6.07, 6.45) is 0. The van der Waals surface area contributed by atoms with Crippen molar-refractivity contribution in [1.82, 2.24) is 0 Å². The zero-order valence-corrected chi connectivity index (χ0v) is 11.1. The van der Waals surface area contributed by atoms with Crippen LogP contribution in [-0.4, -0.2) is 19.0 Å². The Morgan fingerprint density at radius 2 is 2.06 bits per heavy atom. The standard InChI is InChI=1S/C11H10Cl2F2O3/c1-3-17-7-4-6(12)9(13)8(5(2)16)10(7)18-11(14)15/h4,11H,3H2,1-2H3. The van der Waals surface area contributed by atoms with Crippen LogP contribution in [0.4, 0.5) is 8.78 Å². The molecule has 0 spiro atoms. The molecule has 0 atom stereocenters. The van der Waals surface area contributed by atoms with Gasteiger partial charge in [0.15, 0.2) is 17.3 Å². The van der Waals surface area contributed by atoms with Crippen LogP contribution in [0.15, 0.2) is 6.07 Å². The zero-order chi connectivity index (χ0) is 13.9. The summed E-state index contributed by atoms with van der Waals surface area (Å²) in [5, 5.41) is -0.102. The minimum atomic E-state index is -3.10. The molecule has 0 aliphatic heterocycles. The molecule has 0 amide bonds. The third-order valence-electron chi connectivity index (χ3n) is 2.00. The molecule has 0 N–H and O–H groups in total. The molecule has 1 aromatic rings. The van der Waals surface area contributed by atoms with Gasteiger partial charge < -0.3 is 9.47 Å². The van der Waals surface area contributed by atoms with Gasteiger partial charge in [-0.3, -0.25) is 4.79 Å². The van der Waals surface area contributed by atoms with Crippen LogP contribution in [0.2, 0.25) is 10.0 Å². The number of rotatable bonds is 5. The maximum atomic E-state index is 12.4. The molecule has 0 aromatic heterocycles. The molecule has 1 aromatic carbocycles. The van der Waals surface area contributed by atoms with Gasteiger partial charge in [0.1, 0.15) is 0 Å². The van der Waals surface area contributed by atoms with Gasteiger partial charge in [-0.15, -0.1) is 0 Å². The Morgan fingerprint density at radius 1 is 1.44 bits per heavy atom. The molecular formula is C11H10Cl2F2O3. The van der Waals surface area contributed by atoms with E-state index in [-0.39, 0.29) is 28.0 Å². The quantitative estimate of drug-likeness (QED) is 0.764. The lowest BCUT2D eigenvalue weighted by molar-refractivity contribution is -0.0517. The van der Waals surface area contributed by atoms with Crippen LogP contribution < -0.4 is 9.47 Å². The van der Waals surface area contributed by atoms with Crippen molar-refractivity contribution in [2.45, 2.75) is 20.5 Å². The number of alkyl halides is 2. The van der Waals surface area contributed by atoms with E-state index in [9.17, 15) is 13.6 Å². The Balaban J connectivity index is 3.47. The number of carbonyl (C=O) groups is 1. The summed E-state index contributed by atoms with van der Waals surface area (Å²) in [4.78, 5) is 11.5. The number of hydrogen-bond donors (Lipinski definition) is 0. The molecule has 0 saturated heterocycles. The Kier molecular flexibility index (Phi) is 5.16. The molecule has 1 rings (SSSR count). The highest BCUT2D eigenvalue weighted by Gasteiger charge is 2.24. The van der Waals surface area contributed by atoms with Gasteiger partial charge in [-0.25, -0.2) is 0 Å². The van der Waals surface area contributed by atoms with Crippen molar-refractivity contribution in [1.29, 1.82) is 0 Å². The average Bonchev–Trinajstić information content (AvgIpc) is 2.24. The zero-order valence-electron chi connectivity index (χ0n) is 9.60. The molecule has 18 heavy (non-hydrogen) atoms. The summed E-state index contributed by atoms with van der Waals surface area (Å²) in [5.41, 5.74) is -0.215. The van der Waals surface area contributed by atoms with E-state index in [1.54, 1.807) is 6.92 Å². The fourth-order valence-corrected chi connectivity index (χ4v) is 1.84. The Morgan fingerprint density at radius 3 is 2.50 bits per heavy atom. The summed E-state index contributed by atoms with van der Waals surface area (Å²) >= 11 is 11.6. The lowest BCUT2D eigenvalue weighted by Crippen LogP contribution is -2.09. The van der Waals surface area contributed by atoms with Crippen molar-refractivity contribution in [3.05, 3.63) is 21.7 Å². The van der Waals surface area contributed by atoms with Crippen LogP contribution in [0.3, 0.4) is 0 Å². The average molecular weight is 299 g/mol. The molecule has 0 aliphatic rings. The van der Waals surface area contributed by atoms with Crippen molar-refractivity contribution in [2.24, 2.45) is 0 Å². The molecule has 7 heteroatoms. The van der Waals surface area contributed by atoms with Crippen LogP contribution in [0.25, 0.3) is 0 Å². The Labute approximate surface area is 113 Å². The van der Waals surface area contributed by atoms with Gasteiger partial charge in [0, 0.05) is 6.07 Å². The van der Waals surface area contributed by atoms with Gasteiger partial charge in [0.05, 0.1) is 22.2 Å². The Hall–Kier alpha value is -1.07. The molecule has 0 heterocycles. The first-order valence-corrected chi connectivity index (χ1v) is 5.74. The molecule has 0 bridgehead atoms. The first kappa shape index (κ1) is 15.0. The van der Waals surface area contributed by atoms with E-state index >= 15 is 0 Å². The van der Waals surface area contributed by atoms with Crippen LogP contribution >= 0.6 is 23.2 Å². The summed E-state index contributed by atoms with van der Waals surface area (Å²) in [5.74, 6) is -0.981. The maximum Gasteiger partial charge on any atom is 0.387 e. The van der Waals surface area contributed by atoms with E-state index in [0.29, 0.717) is 0 Å². The number of ketones is 1. The molecule has 0 fully saturated rings. The minimum absolute atomic E-state index is 0.0342. The van der Waals surface area contributed by atoms with E-state index in [0.717, 1.165) is 0 Å². The number of carbonyl (C=O) groups excluding carboxylic acids is 1. The largest absolute Gasteiger partial charge is 0.490 e. The lowest BCUT2D eigenvalue weighted by Gasteiger charge is -2.16. The summed E-state index contributed by atoms with van der Waals surface area (Å²) in [6, 6.07) is 1.23. The third-order valence-corrected chi connectivity index (χ3v) is 2.78. The first-order chi connectivity index (χ1) is 8.38. The monoisotopic (exact) mass is 298 g/mol. The van der Waals surface area contributed by atoms with Crippen molar-refractivity contribution < 1.29 is 23.0 Å². The first-order valence-electron chi connectivity index (χ1n) is 4.99. The van der Waals surface area contributed by atoms with Crippen molar-refractivity contribution in [3.63, 3.8) is 0 Å². The molecule has 0 saturated carbocycles. The van der Waals surface area contributed by atoms with E-state index in [1.165, 1.54) is 13.0 Å². The number of ether oxygens (including phenoxy) is 2. The predicted octanol–water partition coefficient (Wildman–Crippen LogP) is 4.20. The van der Waals surface area contributed by atoms with Crippen molar-refractivity contribution in [3.8, 4) is 11.5 Å². The highest BCUT2D eigenvalue weighted by Crippen LogP contribution is 2.42. The fraction of sp³-hybridized carbons (Fsp3) is 0.364. The summed E-state index contributed by atoms with van der Waals surface area (Å²) in [7, 11) is 0. The maximum absolute atomic E-state index is 12.4. The van der Waals surface area contributed by atoms with Crippen molar-refractivity contribution in [2.75, 3.05) is 6.61 Å². The second-order valence-electron chi connectivity index (χ2n) is 3.24. The number of Topliss-reactive ketones (excluding diaryl/α,β-unsaturated/α-hetero) is 1. The SMILES string of the molecule is CCOc1cc(Cl)c(Cl)c(C(C)=O)c1OC(F)F. The smallest absolute Gasteiger partial charge is 0.387 e. The van der Waals surface area contributed by atoms with Crippen LogP contribution in [-0.2, 0) is 0 Å². The highest BCUT2D eigenvalue weighted by atomic mass is 35.5. The van der Waals surface area contributed by atoms with E-state index in [4.69, 9.17) is 27.9 Å². The minimum Gasteiger partial charge on any atom is -0.490 e. The van der Waals surface area contributed by atoms with E-state index in [2.05, 4.69) is 4.74 Å². The topological polar surface area (TPSA) is 35.5 Å². The normalized spacial score (nSPS) is 10.6. The molecular weight excluding hydrogens is 289 g/mol. The molecule has 0 unspecified atom stereocenters. The molecule has 3 nitrogen and oxygen atoms in total. The second-order valence-corrected chi connectivity index (χ2v) is 4.03. The number of halogens is 4. The van der Waals surface area contributed by atoms with Gasteiger partial charge >= 0.3 is 6.61 Å². The van der Waals surface area contributed by atoms with E-state index in [1.807, 2.05) is 0 Å². The Bertz CT molecular complexity index is 464. The summed E-state index contributed by atoms with van der Waals surface area (Å²) in [6.45, 7) is -0.0673. The van der Waals surface area contributed by atoms with Gasteiger partial charge in [0.25, 0.3) is 0 Å². The highest BCUT2D eigenvalue weighted by molar-refractivity contribution is 6.44. The molecule has 0 radical (unpaired) electrons. The van der Waals surface area contributed by atoms with Crippen molar-refractivity contribution >= 4 is 29.0 Å². The predicted molar refractivity (Wildman–Crippen MR) is 64.3 cm³/mol. The van der Waals surface area contributed by atoms with Gasteiger partial charge in [0.2, 0.25) is 0 Å². The molecule has 0 aliphatic carbocycles. The number of hydrogen-bond acceptors (Lipinski definition) is 3. The fourth-order valence-electron chi connectivity index (χ4n) is 1.37. The van der Waals surface area contributed by atoms with Gasteiger partial charge in [-0.2, -0.15) is 8.78 Å². The lowest BCUT2D eigenvalue weighted by atomic mass is 10.1. The van der Waals surface area contributed by atoms with Gasteiger partial charge in [-0.05, 0) is 13.8 Å². The number of benzene rings is 1. The van der Waals surface area contributed by atoms with Gasteiger partial charge in [-0.1, -0.05) is 23.2 Å². The second kappa shape index (κ2) is 6.20. The molecule has 100 valence electrons. The van der Waals surface area contributed by atoms with Crippen LogP contribution in [0, 0.1) is 0 Å². The van der Waals surface area contributed by atoms with Crippen LogP contribution in [0.1, 0.15) is 24.2 Å². The van der Waals surface area contributed by atoms with Crippen LogP contribution in [0.5, 0.6) is 11.5 Å². The summed E-state index contributed by atoms with van der Waals surface area (Å²) < 4.78 is 34.1.